The topological polar surface area (TPSA) is 66.4 Å². The lowest BCUT2D eigenvalue weighted by molar-refractivity contribution is -0.136. The minimum atomic E-state index is -0.902. The van der Waals surface area contributed by atoms with E-state index in [1.54, 1.807) is 6.92 Å². The van der Waals surface area contributed by atoms with Gasteiger partial charge in [0.25, 0.3) is 0 Å². The van der Waals surface area contributed by atoms with Gasteiger partial charge in [0, 0.05) is 5.69 Å². The van der Waals surface area contributed by atoms with Crippen LogP contribution in [0.25, 0.3) is 0 Å². The predicted molar refractivity (Wildman–Crippen MR) is 78.7 cm³/mol. The number of hydrogen-bond acceptors (Lipinski definition) is 3. The molecule has 0 saturated heterocycles. The monoisotopic (exact) mass is 281 g/mol. The quantitative estimate of drug-likeness (QED) is 0.841. The van der Waals surface area contributed by atoms with Crippen LogP contribution in [0.4, 0.5) is 5.69 Å². The zero-order valence-corrected chi connectivity index (χ0v) is 12.2. The van der Waals surface area contributed by atoms with Gasteiger partial charge in [-0.05, 0) is 24.5 Å². The molecule has 1 aromatic carbocycles. The molecule has 0 bridgehead atoms. The van der Waals surface area contributed by atoms with Gasteiger partial charge >= 0.3 is 5.97 Å². The number of carboxylic acid groups (broad SMARTS) is 1. The van der Waals surface area contributed by atoms with Gasteiger partial charge in [-0.15, -0.1) is 11.8 Å². The highest BCUT2D eigenvalue weighted by Gasteiger charge is 2.14. The number of nitrogens with one attached hydrogen (secondary N) is 1. The standard InChI is InChI=1S/C14H19NO3S/c1-9(2)11-6-4-5-7-12(11)15-13(16)8-19-10(3)14(17)18/h4-7,9-10H,8H2,1-3H3,(H,15,16)(H,17,18). The third-order valence-corrected chi connectivity index (χ3v) is 3.80. The van der Waals surface area contributed by atoms with Crippen LogP contribution in [0.3, 0.4) is 0 Å². The first-order valence-electron chi connectivity index (χ1n) is 6.15. The number of hydrogen-bond donors (Lipinski definition) is 2. The van der Waals surface area contributed by atoms with E-state index in [1.165, 1.54) is 0 Å². The van der Waals surface area contributed by atoms with Gasteiger partial charge < -0.3 is 10.4 Å². The van der Waals surface area contributed by atoms with Crippen molar-refractivity contribution in [2.24, 2.45) is 0 Å². The largest absolute Gasteiger partial charge is 0.480 e. The first-order chi connectivity index (χ1) is 8.91. The van der Waals surface area contributed by atoms with E-state index in [0.29, 0.717) is 5.92 Å². The summed E-state index contributed by atoms with van der Waals surface area (Å²) >= 11 is 1.11. The highest BCUT2D eigenvalue weighted by molar-refractivity contribution is 8.01. The lowest BCUT2D eigenvalue weighted by Crippen LogP contribution is -2.19. The minimum Gasteiger partial charge on any atom is -0.480 e. The van der Waals surface area contributed by atoms with Crippen molar-refractivity contribution in [2.75, 3.05) is 11.1 Å². The van der Waals surface area contributed by atoms with Crippen LogP contribution in [-0.2, 0) is 9.59 Å². The van der Waals surface area contributed by atoms with Gasteiger partial charge in [0.05, 0.1) is 11.0 Å². The molecule has 1 atom stereocenters. The number of carboxylic acids is 1. The summed E-state index contributed by atoms with van der Waals surface area (Å²) < 4.78 is 0. The first kappa shape index (κ1) is 15.6. The number of thioether (sulfide) groups is 1. The highest BCUT2D eigenvalue weighted by atomic mass is 32.2. The normalized spacial score (nSPS) is 12.2. The van der Waals surface area contributed by atoms with E-state index in [4.69, 9.17) is 5.11 Å². The Morgan fingerprint density at radius 2 is 1.89 bits per heavy atom. The van der Waals surface area contributed by atoms with Gasteiger partial charge in [-0.1, -0.05) is 32.0 Å². The second-order valence-electron chi connectivity index (χ2n) is 4.58. The smallest absolute Gasteiger partial charge is 0.316 e. The van der Waals surface area contributed by atoms with Crippen LogP contribution < -0.4 is 5.32 Å². The number of amides is 1. The zero-order valence-electron chi connectivity index (χ0n) is 11.3. The maximum absolute atomic E-state index is 11.8. The van der Waals surface area contributed by atoms with Gasteiger partial charge in [-0.3, -0.25) is 9.59 Å². The van der Waals surface area contributed by atoms with Crippen molar-refractivity contribution in [1.29, 1.82) is 0 Å². The second kappa shape index (κ2) is 7.19. The lowest BCUT2D eigenvalue weighted by atomic mass is 10.0. The van der Waals surface area contributed by atoms with Crippen molar-refractivity contribution >= 4 is 29.3 Å². The Labute approximate surface area is 117 Å². The Morgan fingerprint density at radius 3 is 2.47 bits per heavy atom. The number of anilines is 1. The molecule has 0 aromatic heterocycles. The highest BCUT2D eigenvalue weighted by Crippen LogP contribution is 2.24. The Balaban J connectivity index is 2.60. The Kier molecular flexibility index (Phi) is 5.89. The van der Waals surface area contributed by atoms with Gasteiger partial charge in [0.2, 0.25) is 5.91 Å². The summed E-state index contributed by atoms with van der Waals surface area (Å²) in [7, 11) is 0. The van der Waals surface area contributed by atoms with Crippen molar-refractivity contribution in [3.05, 3.63) is 29.8 Å². The number of carbonyl (C=O) groups excluding carboxylic acids is 1. The third-order valence-electron chi connectivity index (χ3n) is 2.67. The fourth-order valence-corrected chi connectivity index (χ4v) is 2.19. The summed E-state index contributed by atoms with van der Waals surface area (Å²) in [6.07, 6.45) is 0. The molecule has 0 aliphatic rings. The van der Waals surface area contributed by atoms with Crippen LogP contribution in [0.5, 0.6) is 0 Å². The molecule has 1 amide bonds. The number of carbonyl (C=O) groups is 2. The van der Waals surface area contributed by atoms with E-state index < -0.39 is 11.2 Å². The summed E-state index contributed by atoms with van der Waals surface area (Å²) in [5, 5.41) is 11.0. The molecular weight excluding hydrogens is 262 g/mol. The Bertz CT molecular complexity index is 460. The van der Waals surface area contributed by atoms with Crippen LogP contribution in [0.2, 0.25) is 0 Å². The van der Waals surface area contributed by atoms with E-state index in [-0.39, 0.29) is 11.7 Å². The number of aliphatic carboxylic acids is 1. The van der Waals surface area contributed by atoms with E-state index >= 15 is 0 Å². The van der Waals surface area contributed by atoms with Crippen LogP contribution in [0, 0.1) is 0 Å². The molecule has 1 unspecified atom stereocenters. The fourth-order valence-electron chi connectivity index (χ4n) is 1.57. The average molecular weight is 281 g/mol. The fraction of sp³-hybridized carbons (Fsp3) is 0.429. The maximum atomic E-state index is 11.8. The number of benzene rings is 1. The van der Waals surface area contributed by atoms with E-state index in [9.17, 15) is 9.59 Å². The van der Waals surface area contributed by atoms with Crippen LogP contribution in [0.15, 0.2) is 24.3 Å². The van der Waals surface area contributed by atoms with E-state index in [0.717, 1.165) is 23.0 Å². The van der Waals surface area contributed by atoms with Gasteiger partial charge in [0.1, 0.15) is 0 Å². The number of rotatable bonds is 6. The lowest BCUT2D eigenvalue weighted by Gasteiger charge is -2.13. The molecule has 0 fully saturated rings. The molecule has 19 heavy (non-hydrogen) atoms. The minimum absolute atomic E-state index is 0.139. The Hall–Kier alpha value is -1.49. The van der Waals surface area contributed by atoms with Gasteiger partial charge in [0.15, 0.2) is 0 Å². The molecule has 4 nitrogen and oxygen atoms in total. The van der Waals surface area contributed by atoms with E-state index in [1.807, 2.05) is 24.3 Å². The van der Waals surface area contributed by atoms with Crippen molar-refractivity contribution in [3.63, 3.8) is 0 Å². The van der Waals surface area contributed by atoms with Crippen LogP contribution >= 0.6 is 11.8 Å². The second-order valence-corrected chi connectivity index (χ2v) is 5.91. The van der Waals surface area contributed by atoms with Crippen molar-refractivity contribution in [1.82, 2.24) is 0 Å². The molecule has 104 valence electrons. The summed E-state index contributed by atoms with van der Waals surface area (Å²) in [4.78, 5) is 22.5. The molecule has 0 aliphatic carbocycles. The molecule has 5 heteroatoms. The molecule has 0 saturated carbocycles. The summed E-state index contributed by atoms with van der Waals surface area (Å²) in [6.45, 7) is 5.70. The molecule has 1 rings (SSSR count). The molecule has 1 aromatic rings. The molecular formula is C14H19NO3S. The molecule has 2 N–H and O–H groups in total. The van der Waals surface area contributed by atoms with Crippen LogP contribution in [0.1, 0.15) is 32.3 Å². The average Bonchev–Trinajstić information content (AvgIpc) is 2.36. The van der Waals surface area contributed by atoms with Gasteiger partial charge in [-0.25, -0.2) is 0 Å². The maximum Gasteiger partial charge on any atom is 0.316 e. The zero-order chi connectivity index (χ0) is 14.4. The SMILES string of the molecule is CC(SCC(=O)Nc1ccccc1C(C)C)C(=O)O. The van der Waals surface area contributed by atoms with Crippen molar-refractivity contribution < 1.29 is 14.7 Å². The third kappa shape index (κ3) is 4.95. The summed E-state index contributed by atoms with van der Waals surface area (Å²) in [6, 6.07) is 7.65. The molecule has 0 aliphatic heterocycles. The summed E-state index contributed by atoms with van der Waals surface area (Å²) in [5.74, 6) is -0.617. The van der Waals surface area contributed by atoms with Crippen molar-refractivity contribution in [3.8, 4) is 0 Å². The Morgan fingerprint density at radius 1 is 1.26 bits per heavy atom. The van der Waals surface area contributed by atoms with Crippen LogP contribution in [-0.4, -0.2) is 28.0 Å². The number of para-hydroxylation sites is 1. The van der Waals surface area contributed by atoms with Crippen molar-refractivity contribution in [2.45, 2.75) is 31.9 Å². The van der Waals surface area contributed by atoms with E-state index in [2.05, 4.69) is 19.2 Å². The first-order valence-corrected chi connectivity index (χ1v) is 7.20. The van der Waals surface area contributed by atoms with Gasteiger partial charge in [-0.2, -0.15) is 0 Å². The molecule has 0 heterocycles. The molecule has 0 radical (unpaired) electrons. The predicted octanol–water partition coefficient (Wildman–Crippen LogP) is 2.95. The summed E-state index contributed by atoms with van der Waals surface area (Å²) in [5.41, 5.74) is 1.87. The molecule has 0 spiro atoms.